The number of nitrogens with zero attached hydrogens (tertiary/aromatic N) is 3. The van der Waals surface area contributed by atoms with Gasteiger partial charge in [-0.1, -0.05) is 0 Å². The molecule has 2 aliphatic rings. The molecule has 2 unspecified atom stereocenters. The highest BCUT2D eigenvalue weighted by Crippen LogP contribution is 2.33. The Kier molecular flexibility index (Phi) is 4.82. The topological polar surface area (TPSA) is 56.6 Å². The first-order chi connectivity index (χ1) is 11.2. The molecule has 1 heterocycles. The fraction of sp³-hybridized carbons (Fsp3) is 0.556. The summed E-state index contributed by atoms with van der Waals surface area (Å²) < 4.78 is 5.38. The summed E-state index contributed by atoms with van der Waals surface area (Å²) in [5, 5.41) is 8.85. The highest BCUT2D eigenvalue weighted by Gasteiger charge is 2.34. The Bertz CT molecular complexity index is 583. The zero-order valence-corrected chi connectivity index (χ0v) is 13.6. The van der Waals surface area contributed by atoms with E-state index in [1.54, 1.807) is 7.11 Å². The second kappa shape index (κ2) is 7.01. The summed E-state index contributed by atoms with van der Waals surface area (Å²) in [4.78, 5) is 16.7. The molecule has 0 N–H and O–H groups in total. The van der Waals surface area contributed by atoms with E-state index < -0.39 is 0 Å². The van der Waals surface area contributed by atoms with Gasteiger partial charge < -0.3 is 14.5 Å². The SMILES string of the molecule is COC1CCC1CC(=O)N1CCN(c2ccc(C#N)cc2)CC1. The lowest BCUT2D eigenvalue weighted by Crippen LogP contribution is -2.50. The number of carbonyl (C=O) groups is 1. The number of anilines is 1. The minimum Gasteiger partial charge on any atom is -0.381 e. The molecule has 1 aliphatic heterocycles. The van der Waals surface area contributed by atoms with Crippen LogP contribution in [0.1, 0.15) is 24.8 Å². The Morgan fingerprint density at radius 1 is 1.22 bits per heavy atom. The molecule has 0 aromatic heterocycles. The fourth-order valence-electron chi connectivity index (χ4n) is 3.40. The Balaban J connectivity index is 1.49. The molecule has 3 rings (SSSR count). The van der Waals surface area contributed by atoms with Crippen molar-refractivity contribution in [3.63, 3.8) is 0 Å². The van der Waals surface area contributed by atoms with Crippen molar-refractivity contribution in [2.45, 2.75) is 25.4 Å². The van der Waals surface area contributed by atoms with Gasteiger partial charge in [-0.2, -0.15) is 5.26 Å². The number of piperazine rings is 1. The third-order valence-electron chi connectivity index (χ3n) is 5.08. The number of benzene rings is 1. The Morgan fingerprint density at radius 3 is 2.43 bits per heavy atom. The van der Waals surface area contributed by atoms with Gasteiger partial charge in [0.15, 0.2) is 0 Å². The first kappa shape index (κ1) is 15.8. The van der Waals surface area contributed by atoms with E-state index in [2.05, 4.69) is 11.0 Å². The molecule has 1 saturated heterocycles. The maximum Gasteiger partial charge on any atom is 0.223 e. The monoisotopic (exact) mass is 313 g/mol. The molecule has 5 heteroatoms. The molecule has 1 aliphatic carbocycles. The van der Waals surface area contributed by atoms with Gasteiger partial charge in [-0.25, -0.2) is 0 Å². The van der Waals surface area contributed by atoms with Crippen molar-refractivity contribution >= 4 is 11.6 Å². The van der Waals surface area contributed by atoms with E-state index in [9.17, 15) is 4.79 Å². The number of amides is 1. The second-order valence-corrected chi connectivity index (χ2v) is 6.34. The minimum atomic E-state index is 0.260. The Labute approximate surface area is 137 Å². The molecule has 2 fully saturated rings. The third kappa shape index (κ3) is 3.48. The van der Waals surface area contributed by atoms with Crippen molar-refractivity contribution in [2.24, 2.45) is 5.92 Å². The smallest absolute Gasteiger partial charge is 0.223 e. The molecule has 2 atom stereocenters. The van der Waals surface area contributed by atoms with Crippen LogP contribution in [0, 0.1) is 17.2 Å². The number of ether oxygens (including phenoxy) is 1. The summed E-state index contributed by atoms with van der Waals surface area (Å²) in [5.74, 6) is 0.667. The molecular weight excluding hydrogens is 290 g/mol. The van der Waals surface area contributed by atoms with Crippen LogP contribution in [0.4, 0.5) is 5.69 Å². The summed E-state index contributed by atoms with van der Waals surface area (Å²) >= 11 is 0. The molecule has 0 radical (unpaired) electrons. The molecule has 5 nitrogen and oxygen atoms in total. The van der Waals surface area contributed by atoms with Crippen molar-refractivity contribution in [3.05, 3.63) is 29.8 Å². The first-order valence-corrected chi connectivity index (χ1v) is 8.27. The van der Waals surface area contributed by atoms with Gasteiger partial charge in [-0.3, -0.25) is 4.79 Å². The van der Waals surface area contributed by atoms with E-state index >= 15 is 0 Å². The van der Waals surface area contributed by atoms with Gasteiger partial charge >= 0.3 is 0 Å². The zero-order valence-electron chi connectivity index (χ0n) is 13.6. The van der Waals surface area contributed by atoms with Crippen LogP contribution < -0.4 is 4.90 Å². The van der Waals surface area contributed by atoms with Crippen LogP contribution in [0.2, 0.25) is 0 Å². The summed E-state index contributed by atoms with van der Waals surface area (Å²) in [6.45, 7) is 3.22. The maximum atomic E-state index is 12.4. The highest BCUT2D eigenvalue weighted by atomic mass is 16.5. The van der Waals surface area contributed by atoms with E-state index in [1.165, 1.54) is 0 Å². The molecular formula is C18H23N3O2. The predicted molar refractivity (Wildman–Crippen MR) is 88.1 cm³/mol. The number of carbonyl (C=O) groups excluding carboxylic acids is 1. The second-order valence-electron chi connectivity index (χ2n) is 6.34. The molecule has 23 heavy (non-hydrogen) atoms. The van der Waals surface area contributed by atoms with Crippen molar-refractivity contribution in [2.75, 3.05) is 38.2 Å². The summed E-state index contributed by atoms with van der Waals surface area (Å²) in [7, 11) is 1.73. The maximum absolute atomic E-state index is 12.4. The lowest BCUT2D eigenvalue weighted by Gasteiger charge is -2.39. The van der Waals surface area contributed by atoms with Gasteiger partial charge in [0, 0.05) is 45.4 Å². The predicted octanol–water partition coefficient (Wildman–Crippen LogP) is 2.02. The van der Waals surface area contributed by atoms with E-state index in [-0.39, 0.29) is 12.0 Å². The Hall–Kier alpha value is -2.06. The number of nitriles is 1. The summed E-state index contributed by atoms with van der Waals surface area (Å²) in [6, 6.07) is 9.78. The molecule has 1 saturated carbocycles. The average molecular weight is 313 g/mol. The van der Waals surface area contributed by atoms with E-state index in [1.807, 2.05) is 29.2 Å². The van der Waals surface area contributed by atoms with Gasteiger partial charge in [-0.15, -0.1) is 0 Å². The quantitative estimate of drug-likeness (QED) is 0.853. The number of hydrogen-bond acceptors (Lipinski definition) is 4. The molecule has 122 valence electrons. The molecule has 1 aromatic carbocycles. The number of hydrogen-bond donors (Lipinski definition) is 0. The minimum absolute atomic E-state index is 0.260. The zero-order chi connectivity index (χ0) is 16.2. The first-order valence-electron chi connectivity index (χ1n) is 8.27. The van der Waals surface area contributed by atoms with Crippen molar-refractivity contribution in [3.8, 4) is 6.07 Å². The van der Waals surface area contributed by atoms with Gasteiger partial charge in [0.25, 0.3) is 0 Å². The average Bonchev–Trinajstić information content (AvgIpc) is 2.59. The molecule has 0 bridgehead atoms. The van der Waals surface area contributed by atoms with Crippen LogP contribution in [0.3, 0.4) is 0 Å². The number of rotatable bonds is 4. The lowest BCUT2D eigenvalue weighted by molar-refractivity contribution is -0.135. The van der Waals surface area contributed by atoms with Crippen molar-refractivity contribution < 1.29 is 9.53 Å². The van der Waals surface area contributed by atoms with Crippen LogP contribution >= 0.6 is 0 Å². The van der Waals surface area contributed by atoms with Crippen LogP contribution in [0.15, 0.2) is 24.3 Å². The van der Waals surface area contributed by atoms with Crippen LogP contribution in [-0.4, -0.2) is 50.2 Å². The standard InChI is InChI=1S/C18H23N3O2/c1-23-17-7-4-15(17)12-18(22)21-10-8-20(9-11-21)16-5-2-14(13-19)3-6-16/h2-3,5-6,15,17H,4,7-12H2,1H3. The van der Waals surface area contributed by atoms with Crippen LogP contribution in [0.25, 0.3) is 0 Å². The highest BCUT2D eigenvalue weighted by molar-refractivity contribution is 5.77. The van der Waals surface area contributed by atoms with Crippen molar-refractivity contribution in [1.29, 1.82) is 5.26 Å². The van der Waals surface area contributed by atoms with Gasteiger partial charge in [-0.05, 0) is 43.0 Å². The van der Waals surface area contributed by atoms with Crippen LogP contribution in [-0.2, 0) is 9.53 Å². The van der Waals surface area contributed by atoms with Gasteiger partial charge in [0.05, 0.1) is 17.7 Å². The molecule has 1 amide bonds. The van der Waals surface area contributed by atoms with E-state index in [4.69, 9.17) is 10.00 Å². The Morgan fingerprint density at radius 2 is 1.91 bits per heavy atom. The third-order valence-corrected chi connectivity index (χ3v) is 5.08. The molecule has 0 spiro atoms. The van der Waals surface area contributed by atoms with Crippen LogP contribution in [0.5, 0.6) is 0 Å². The molecule has 1 aromatic rings. The van der Waals surface area contributed by atoms with Gasteiger partial charge in [0.2, 0.25) is 5.91 Å². The lowest BCUT2D eigenvalue weighted by atomic mass is 9.79. The summed E-state index contributed by atoms with van der Waals surface area (Å²) in [6.07, 6.45) is 3.09. The van der Waals surface area contributed by atoms with Crippen molar-refractivity contribution in [1.82, 2.24) is 4.90 Å². The number of methoxy groups -OCH3 is 1. The fourth-order valence-corrected chi connectivity index (χ4v) is 3.40. The van der Waals surface area contributed by atoms with Gasteiger partial charge in [0.1, 0.15) is 0 Å². The summed E-state index contributed by atoms with van der Waals surface area (Å²) in [5.41, 5.74) is 1.80. The van der Waals surface area contributed by atoms with E-state index in [0.29, 0.717) is 17.9 Å². The normalized spacial score (nSPS) is 24.0. The largest absolute Gasteiger partial charge is 0.381 e. The van der Waals surface area contributed by atoms with E-state index in [0.717, 1.165) is 44.7 Å².